The molecule has 0 unspecified atom stereocenters. The molecule has 6 heteroatoms. The maximum Gasteiger partial charge on any atom is 0.261 e. The summed E-state index contributed by atoms with van der Waals surface area (Å²) in [6.45, 7) is 4.13. The van der Waals surface area contributed by atoms with Crippen LogP contribution >= 0.6 is 0 Å². The second kappa shape index (κ2) is 7.58. The van der Waals surface area contributed by atoms with Crippen molar-refractivity contribution < 1.29 is 13.2 Å². The molecule has 5 nitrogen and oxygen atoms in total. The van der Waals surface area contributed by atoms with Gasteiger partial charge in [0.05, 0.1) is 4.90 Å². The van der Waals surface area contributed by atoms with Crippen molar-refractivity contribution in [3.05, 3.63) is 78.6 Å². The molecule has 0 aliphatic rings. The van der Waals surface area contributed by atoms with Crippen LogP contribution in [-0.2, 0) is 10.0 Å². The zero-order valence-corrected chi connectivity index (χ0v) is 15.4. The lowest BCUT2D eigenvalue weighted by molar-refractivity contribution is 0.482. The molecular formula is C20H20N2O3S. The van der Waals surface area contributed by atoms with E-state index in [9.17, 15) is 8.42 Å². The fourth-order valence-corrected chi connectivity index (χ4v) is 3.44. The molecule has 0 saturated heterocycles. The summed E-state index contributed by atoms with van der Waals surface area (Å²) in [6.07, 6.45) is 3.28. The second-order valence-corrected chi connectivity index (χ2v) is 7.82. The van der Waals surface area contributed by atoms with E-state index >= 15 is 0 Å². The summed E-state index contributed by atoms with van der Waals surface area (Å²) in [4.78, 5) is 4.16. The number of benzene rings is 2. The number of anilines is 1. The van der Waals surface area contributed by atoms with E-state index in [1.807, 2.05) is 12.1 Å². The first-order chi connectivity index (χ1) is 12.4. The van der Waals surface area contributed by atoms with Crippen LogP contribution in [0.15, 0.2) is 78.0 Å². The summed E-state index contributed by atoms with van der Waals surface area (Å²) < 4.78 is 33.3. The molecule has 0 radical (unpaired) electrons. The van der Waals surface area contributed by atoms with Gasteiger partial charge in [0.25, 0.3) is 10.0 Å². The van der Waals surface area contributed by atoms with E-state index in [2.05, 4.69) is 23.6 Å². The van der Waals surface area contributed by atoms with Crippen molar-refractivity contribution in [2.45, 2.75) is 24.7 Å². The first-order valence-electron chi connectivity index (χ1n) is 8.25. The van der Waals surface area contributed by atoms with Gasteiger partial charge in [-0.1, -0.05) is 26.0 Å². The van der Waals surface area contributed by atoms with E-state index in [4.69, 9.17) is 4.74 Å². The number of ether oxygens (including phenoxy) is 1. The Kier molecular flexibility index (Phi) is 5.23. The fraction of sp³-hybridized carbons (Fsp3) is 0.150. The van der Waals surface area contributed by atoms with Gasteiger partial charge in [-0.15, -0.1) is 0 Å². The van der Waals surface area contributed by atoms with Crippen LogP contribution in [0, 0.1) is 0 Å². The molecule has 0 aliphatic heterocycles. The number of pyridine rings is 1. The predicted octanol–water partition coefficient (Wildman–Crippen LogP) is 4.80. The van der Waals surface area contributed by atoms with Crippen LogP contribution in [0.25, 0.3) is 0 Å². The minimum Gasteiger partial charge on any atom is -0.457 e. The Balaban J connectivity index is 1.71. The van der Waals surface area contributed by atoms with Crippen molar-refractivity contribution >= 4 is 15.7 Å². The second-order valence-electron chi connectivity index (χ2n) is 6.14. The number of hydrogen-bond donors (Lipinski definition) is 1. The number of hydrogen-bond acceptors (Lipinski definition) is 4. The van der Waals surface area contributed by atoms with Gasteiger partial charge in [0.2, 0.25) is 0 Å². The third-order valence-corrected chi connectivity index (χ3v) is 5.25. The van der Waals surface area contributed by atoms with Gasteiger partial charge < -0.3 is 4.74 Å². The average molecular weight is 368 g/mol. The van der Waals surface area contributed by atoms with Gasteiger partial charge in [0, 0.05) is 18.1 Å². The van der Waals surface area contributed by atoms with E-state index in [0.717, 1.165) is 5.56 Å². The third kappa shape index (κ3) is 4.40. The SMILES string of the molecule is CC(C)c1ccc(S(=O)(=O)Nc2ccc(Oc3ccncc3)cc2)cc1. The van der Waals surface area contributed by atoms with Crippen LogP contribution in [0.2, 0.25) is 0 Å². The molecule has 0 aliphatic carbocycles. The molecule has 1 heterocycles. The number of nitrogens with one attached hydrogen (secondary N) is 1. The summed E-state index contributed by atoms with van der Waals surface area (Å²) in [7, 11) is -3.63. The van der Waals surface area contributed by atoms with Crippen molar-refractivity contribution in [2.75, 3.05) is 4.72 Å². The van der Waals surface area contributed by atoms with Crippen LogP contribution in [0.4, 0.5) is 5.69 Å². The summed E-state index contributed by atoms with van der Waals surface area (Å²) >= 11 is 0. The van der Waals surface area contributed by atoms with Crippen molar-refractivity contribution in [2.24, 2.45) is 0 Å². The number of sulfonamides is 1. The Morgan fingerprint density at radius 2 is 1.42 bits per heavy atom. The third-order valence-electron chi connectivity index (χ3n) is 3.85. The molecule has 1 N–H and O–H groups in total. The van der Waals surface area contributed by atoms with Crippen LogP contribution < -0.4 is 9.46 Å². The molecule has 1 aromatic heterocycles. The molecule has 3 aromatic rings. The van der Waals surface area contributed by atoms with E-state index in [0.29, 0.717) is 23.1 Å². The number of aromatic nitrogens is 1. The Labute approximate surface area is 153 Å². The van der Waals surface area contributed by atoms with E-state index in [-0.39, 0.29) is 4.90 Å². The van der Waals surface area contributed by atoms with Crippen LogP contribution in [0.1, 0.15) is 25.3 Å². The van der Waals surface area contributed by atoms with E-state index in [1.165, 1.54) is 0 Å². The molecular weight excluding hydrogens is 348 g/mol. The topological polar surface area (TPSA) is 68.3 Å². The molecule has 0 spiro atoms. The minimum atomic E-state index is -3.63. The smallest absolute Gasteiger partial charge is 0.261 e. The molecule has 0 atom stereocenters. The van der Waals surface area contributed by atoms with Gasteiger partial charge in [0.1, 0.15) is 11.5 Å². The van der Waals surface area contributed by atoms with Crippen molar-refractivity contribution in [1.82, 2.24) is 4.98 Å². The lowest BCUT2D eigenvalue weighted by atomic mass is 10.0. The lowest BCUT2D eigenvalue weighted by Crippen LogP contribution is -2.12. The average Bonchev–Trinajstić information content (AvgIpc) is 2.64. The standard InChI is InChI=1S/C20H20N2O3S/c1-15(2)16-3-9-20(10-4-16)26(23,24)22-17-5-7-18(8-6-17)25-19-11-13-21-14-12-19/h3-15,22H,1-2H3. The quantitative estimate of drug-likeness (QED) is 0.679. The highest BCUT2D eigenvalue weighted by atomic mass is 32.2. The Bertz CT molecular complexity index is 952. The molecule has 2 aromatic carbocycles. The Morgan fingerprint density at radius 1 is 0.846 bits per heavy atom. The zero-order chi connectivity index (χ0) is 18.6. The Hall–Kier alpha value is -2.86. The van der Waals surface area contributed by atoms with Crippen molar-refractivity contribution in [3.63, 3.8) is 0 Å². The first-order valence-corrected chi connectivity index (χ1v) is 9.73. The summed E-state index contributed by atoms with van der Waals surface area (Å²) in [6, 6.07) is 17.2. The van der Waals surface area contributed by atoms with Gasteiger partial charge >= 0.3 is 0 Å². The first kappa shape index (κ1) is 17.9. The van der Waals surface area contributed by atoms with Crippen LogP contribution in [0.5, 0.6) is 11.5 Å². The monoisotopic (exact) mass is 368 g/mol. The van der Waals surface area contributed by atoms with Gasteiger partial charge in [-0.05, 0) is 60.0 Å². The van der Waals surface area contributed by atoms with E-state index in [1.54, 1.807) is 60.9 Å². The van der Waals surface area contributed by atoms with Gasteiger partial charge in [-0.2, -0.15) is 0 Å². The Morgan fingerprint density at radius 3 is 2.00 bits per heavy atom. The summed E-state index contributed by atoms with van der Waals surface area (Å²) in [5.74, 6) is 1.63. The summed E-state index contributed by atoms with van der Waals surface area (Å²) in [5, 5.41) is 0. The lowest BCUT2D eigenvalue weighted by Gasteiger charge is -2.11. The maximum absolute atomic E-state index is 12.5. The summed E-state index contributed by atoms with van der Waals surface area (Å²) in [5.41, 5.74) is 1.57. The predicted molar refractivity (Wildman–Crippen MR) is 102 cm³/mol. The highest BCUT2D eigenvalue weighted by Crippen LogP contribution is 2.24. The normalized spacial score (nSPS) is 11.3. The fourth-order valence-electron chi connectivity index (χ4n) is 2.38. The highest BCUT2D eigenvalue weighted by molar-refractivity contribution is 7.92. The molecule has 3 rings (SSSR count). The molecule has 0 amide bonds. The van der Waals surface area contributed by atoms with Crippen molar-refractivity contribution in [3.8, 4) is 11.5 Å². The van der Waals surface area contributed by atoms with Gasteiger partial charge in [-0.3, -0.25) is 9.71 Å². The van der Waals surface area contributed by atoms with Gasteiger partial charge in [-0.25, -0.2) is 8.42 Å². The molecule has 0 fully saturated rings. The van der Waals surface area contributed by atoms with Crippen LogP contribution in [0.3, 0.4) is 0 Å². The number of nitrogens with zero attached hydrogens (tertiary/aromatic N) is 1. The number of rotatable bonds is 6. The van der Waals surface area contributed by atoms with Crippen molar-refractivity contribution in [1.29, 1.82) is 0 Å². The molecule has 26 heavy (non-hydrogen) atoms. The maximum atomic E-state index is 12.5. The van der Waals surface area contributed by atoms with E-state index < -0.39 is 10.0 Å². The van der Waals surface area contributed by atoms with Gasteiger partial charge in [0.15, 0.2) is 0 Å². The zero-order valence-electron chi connectivity index (χ0n) is 14.6. The molecule has 0 bridgehead atoms. The largest absolute Gasteiger partial charge is 0.457 e. The molecule has 0 saturated carbocycles. The minimum absolute atomic E-state index is 0.235. The van der Waals surface area contributed by atoms with Crippen LogP contribution in [-0.4, -0.2) is 13.4 Å². The highest BCUT2D eigenvalue weighted by Gasteiger charge is 2.14. The molecule has 134 valence electrons.